The first-order valence-electron chi connectivity index (χ1n) is 30.1. The van der Waals surface area contributed by atoms with E-state index in [1.165, 1.54) is 93.5 Å². The van der Waals surface area contributed by atoms with Crippen LogP contribution >= 0.6 is 0 Å². The number of nitrogens with zero attached hydrogens (tertiary/aromatic N) is 2. The van der Waals surface area contributed by atoms with E-state index in [4.69, 9.17) is 0 Å². The van der Waals surface area contributed by atoms with Crippen LogP contribution < -0.4 is 20.7 Å². The van der Waals surface area contributed by atoms with E-state index < -0.39 is 8.07 Å². The van der Waals surface area contributed by atoms with Gasteiger partial charge in [-0.2, -0.15) is 0 Å². The molecule has 0 saturated carbocycles. The fraction of sp³-hybridized carbons (Fsp3) is 0.378. The zero-order valence-corrected chi connectivity index (χ0v) is 49.8. The zero-order chi connectivity index (χ0) is 54.2. The first-order chi connectivity index (χ1) is 37.5. The van der Waals surface area contributed by atoms with E-state index in [0.717, 1.165) is 32.1 Å². The summed E-state index contributed by atoms with van der Waals surface area (Å²) in [7, 11) is -2.09. The van der Waals surface area contributed by atoms with Gasteiger partial charge in [-0.15, -0.1) is 0 Å². The van der Waals surface area contributed by atoms with Crippen molar-refractivity contribution in [2.24, 2.45) is 0 Å². The van der Waals surface area contributed by atoms with Crippen molar-refractivity contribution in [2.75, 3.05) is 9.80 Å². The van der Waals surface area contributed by atoms with E-state index in [2.05, 4.69) is 266 Å². The Kier molecular flexibility index (Phi) is 13.6. The molecule has 6 aromatic rings. The van der Waals surface area contributed by atoms with Crippen LogP contribution in [-0.2, 0) is 21.7 Å². The van der Waals surface area contributed by atoms with Gasteiger partial charge < -0.3 is 9.80 Å². The van der Waals surface area contributed by atoms with E-state index in [1.807, 2.05) is 0 Å². The number of fused-ring (bicyclic) bond motifs is 4. The Morgan fingerprint density at radius 1 is 0.513 bits per heavy atom. The molecule has 0 bridgehead atoms. The fourth-order valence-electron chi connectivity index (χ4n) is 15.5. The second-order valence-electron chi connectivity index (χ2n) is 27.0. The molecule has 0 spiro atoms. The first-order valence-corrected chi connectivity index (χ1v) is 33.2. The summed E-state index contributed by atoms with van der Waals surface area (Å²) in [4.78, 5) is 5.95. The highest BCUT2D eigenvalue weighted by molar-refractivity contribution is 6.90. The molecule has 2 aliphatic heterocycles. The van der Waals surface area contributed by atoms with Crippen LogP contribution in [0.4, 0.5) is 17.1 Å². The maximum absolute atomic E-state index is 3.01. The van der Waals surface area contributed by atoms with Crippen LogP contribution in [0.3, 0.4) is 0 Å². The largest absolute Gasteiger partial charge is 0.343 e. The third-order valence-corrected chi connectivity index (χ3v) is 25.3. The molecule has 0 amide bonds. The minimum Gasteiger partial charge on any atom is -0.343 e. The molecular formula is C74H85BN2Si. The molecule has 6 aliphatic rings. The van der Waals surface area contributed by atoms with E-state index in [-0.39, 0.29) is 40.2 Å². The molecule has 12 rings (SSSR count). The van der Waals surface area contributed by atoms with Gasteiger partial charge in [0, 0.05) is 62.3 Å². The van der Waals surface area contributed by atoms with Crippen LogP contribution in [0.15, 0.2) is 210 Å². The van der Waals surface area contributed by atoms with Gasteiger partial charge in [-0.3, -0.25) is 0 Å². The van der Waals surface area contributed by atoms with Crippen LogP contribution in [0.25, 0.3) is 0 Å². The molecule has 2 nitrogen and oxygen atoms in total. The number of anilines is 3. The Morgan fingerprint density at radius 3 is 1.64 bits per heavy atom. The Bertz CT molecular complexity index is 3370. The molecule has 0 aromatic heterocycles. The van der Waals surface area contributed by atoms with Gasteiger partial charge in [0.1, 0.15) is 0 Å². The predicted molar refractivity (Wildman–Crippen MR) is 339 cm³/mol. The molecule has 0 radical (unpaired) electrons. The lowest BCUT2D eigenvalue weighted by Gasteiger charge is -2.58. The number of benzene rings is 6. The normalized spacial score (nSPS) is 21.6. The third-order valence-electron chi connectivity index (χ3n) is 21.0. The van der Waals surface area contributed by atoms with Crippen molar-refractivity contribution in [2.45, 2.75) is 178 Å². The first kappa shape index (κ1) is 52.6. The summed E-state index contributed by atoms with van der Waals surface area (Å²) in [5.74, 6) is 0.251. The summed E-state index contributed by atoms with van der Waals surface area (Å²) in [5.41, 5.74) is 20.1. The molecule has 4 atom stereocenters. The molecule has 398 valence electrons. The number of hydrogen-bond donors (Lipinski definition) is 0. The molecule has 4 aliphatic carbocycles. The highest BCUT2D eigenvalue weighted by Crippen LogP contribution is 2.57. The average molecular weight is 1040 g/mol. The van der Waals surface area contributed by atoms with Crippen molar-refractivity contribution in [1.82, 2.24) is 0 Å². The van der Waals surface area contributed by atoms with E-state index in [9.17, 15) is 0 Å². The maximum atomic E-state index is 3.01. The Balaban J connectivity index is 1.12. The highest BCUT2D eigenvalue weighted by atomic mass is 28.3. The second-order valence-corrected chi connectivity index (χ2v) is 31.8. The van der Waals surface area contributed by atoms with Gasteiger partial charge in [-0.05, 0) is 127 Å². The Hall–Kier alpha value is -6.10. The number of hydrogen-bond acceptors (Lipinski definition) is 2. The standard InChI is InChI=1S/C74H85BN2Si/c1-71(2,52-28-16-11-17-29-52)56-36-26-38-60(46-56)76-66-48-58(73(5,6)54-32-20-13-21-33-54)42-44-64(66)75-65-45-43-59(74(7,8)55-34-22-14-23-35-55)49-67(65)77(61-39-27-37-57(47-61)72(3,4)53-30-18-12-19-31-53)69-51-63(50-68(76)70(69)75)78(9,10)62-40-24-15-25-41-62/h11,13-17,20-24,27-30,32-37,39-40,42-45,47-50,60,63,69-70H,12,18-19,25-26,31,38,41,46,51H2,1-10H3. The average Bonchev–Trinajstić information content (AvgIpc) is 3.53. The maximum Gasteiger partial charge on any atom is 0.225 e. The topological polar surface area (TPSA) is 6.48 Å². The fourth-order valence-corrected chi connectivity index (χ4v) is 18.7. The quantitative estimate of drug-likeness (QED) is 0.0890. The lowest BCUT2D eigenvalue weighted by molar-refractivity contribution is 0.468. The highest BCUT2D eigenvalue weighted by Gasteiger charge is 2.56. The van der Waals surface area contributed by atoms with Crippen molar-refractivity contribution >= 4 is 42.8 Å². The van der Waals surface area contributed by atoms with Crippen LogP contribution in [0, 0.1) is 0 Å². The van der Waals surface area contributed by atoms with Crippen molar-refractivity contribution in [3.05, 3.63) is 244 Å². The lowest BCUT2D eigenvalue weighted by Crippen LogP contribution is -2.66. The zero-order valence-electron chi connectivity index (χ0n) is 48.8. The molecular weight excluding hydrogens is 956 g/mol. The van der Waals surface area contributed by atoms with E-state index in [0.29, 0.717) is 11.6 Å². The SMILES string of the molecule is CC(C)(C1=CCCCC1)c1cccc(N2c3cc(C(C)(C)c4ccccc4)ccc3B3c4ccc(C(C)(C)c5ccccc5)cc4N(C4CCC=C(C(C)(C)c5ccccc5)C4)C4=CC([Si](C)(C)C5=CC=CCC5)CC2C34)c1. The van der Waals surface area contributed by atoms with Crippen molar-refractivity contribution in [1.29, 1.82) is 0 Å². The predicted octanol–water partition coefficient (Wildman–Crippen LogP) is 18.1. The summed E-state index contributed by atoms with van der Waals surface area (Å²) >= 11 is 0. The summed E-state index contributed by atoms with van der Waals surface area (Å²) < 4.78 is 0. The minimum atomic E-state index is -2.09. The number of allylic oxidation sites excluding steroid dienone is 8. The van der Waals surface area contributed by atoms with Crippen molar-refractivity contribution in [3.63, 3.8) is 0 Å². The van der Waals surface area contributed by atoms with Gasteiger partial charge in [0.25, 0.3) is 0 Å². The van der Waals surface area contributed by atoms with E-state index >= 15 is 0 Å². The number of rotatable bonds is 12. The molecule has 4 heteroatoms. The van der Waals surface area contributed by atoms with Crippen LogP contribution in [0.5, 0.6) is 0 Å². The monoisotopic (exact) mass is 1040 g/mol. The van der Waals surface area contributed by atoms with Gasteiger partial charge in [0.05, 0.1) is 8.07 Å². The van der Waals surface area contributed by atoms with Gasteiger partial charge in [0.2, 0.25) is 6.71 Å². The third kappa shape index (κ3) is 9.01. The summed E-state index contributed by atoms with van der Waals surface area (Å²) in [5, 5.41) is 1.73. The van der Waals surface area contributed by atoms with Crippen LogP contribution in [-0.4, -0.2) is 26.9 Å². The molecule has 4 unspecified atom stereocenters. The summed E-state index contributed by atoms with van der Waals surface area (Å²) in [6.45, 7) is 25.4. The van der Waals surface area contributed by atoms with Crippen LogP contribution in [0.2, 0.25) is 24.5 Å². The lowest BCUT2D eigenvalue weighted by atomic mass is 9.28. The van der Waals surface area contributed by atoms with Gasteiger partial charge in [0.15, 0.2) is 0 Å². The van der Waals surface area contributed by atoms with Gasteiger partial charge in [-0.25, -0.2) is 0 Å². The minimum absolute atomic E-state index is 0.0592. The van der Waals surface area contributed by atoms with Gasteiger partial charge >= 0.3 is 0 Å². The summed E-state index contributed by atoms with van der Waals surface area (Å²) in [6, 6.07) is 59.9. The smallest absolute Gasteiger partial charge is 0.225 e. The van der Waals surface area contributed by atoms with Crippen molar-refractivity contribution < 1.29 is 0 Å². The molecule has 2 heterocycles. The summed E-state index contributed by atoms with van der Waals surface area (Å²) in [6.07, 6.45) is 27.1. The molecule has 0 N–H and O–H groups in total. The Morgan fingerprint density at radius 2 is 1.06 bits per heavy atom. The van der Waals surface area contributed by atoms with Crippen LogP contribution in [0.1, 0.15) is 153 Å². The van der Waals surface area contributed by atoms with Crippen molar-refractivity contribution in [3.8, 4) is 0 Å². The molecule has 78 heavy (non-hydrogen) atoms. The molecule has 6 aromatic carbocycles. The van der Waals surface area contributed by atoms with E-state index in [1.54, 1.807) is 22.0 Å². The molecule has 0 saturated heterocycles. The second kappa shape index (κ2) is 20.2. The molecule has 0 fully saturated rings. The van der Waals surface area contributed by atoms with Gasteiger partial charge in [-0.1, -0.05) is 260 Å². The Labute approximate surface area is 471 Å².